The number of hydrogen-bond acceptors (Lipinski definition) is 4. The molecule has 206 valence electrons. The maximum absolute atomic E-state index is 15.7. The molecule has 3 aromatic rings. The van der Waals surface area contributed by atoms with Crippen LogP contribution in [0.15, 0.2) is 36.5 Å². The predicted molar refractivity (Wildman–Crippen MR) is 140 cm³/mol. The average molecular weight is 563 g/mol. The molecule has 1 N–H and O–H groups in total. The number of carboxylic acid groups (broad SMARTS) is 1. The van der Waals surface area contributed by atoms with Gasteiger partial charge in [-0.25, -0.2) is 17.6 Å². The van der Waals surface area contributed by atoms with Crippen molar-refractivity contribution < 1.29 is 32.2 Å². The molecule has 1 aliphatic heterocycles. The van der Waals surface area contributed by atoms with Crippen molar-refractivity contribution in [2.75, 3.05) is 26.7 Å². The molecule has 0 amide bonds. The van der Waals surface area contributed by atoms with E-state index in [1.165, 1.54) is 13.3 Å². The largest absolute Gasteiger partial charge is 0.497 e. The third-order valence-corrected chi connectivity index (χ3v) is 7.57. The molecule has 1 unspecified atom stereocenters. The number of benzene rings is 2. The Morgan fingerprint density at radius 2 is 1.90 bits per heavy atom. The second-order valence-electron chi connectivity index (χ2n) is 9.81. The van der Waals surface area contributed by atoms with E-state index in [0.717, 1.165) is 12.1 Å². The van der Waals surface area contributed by atoms with Gasteiger partial charge in [-0.15, -0.1) is 0 Å². The summed E-state index contributed by atoms with van der Waals surface area (Å²) >= 11 is 6.35. The number of alkyl halides is 1. The Labute approximate surface area is 228 Å². The third-order valence-electron chi connectivity index (χ3n) is 7.27. The Morgan fingerprint density at radius 3 is 2.54 bits per heavy atom. The molecule has 0 saturated carbocycles. The normalized spacial score (nSPS) is 15.9. The molecular weight excluding hydrogens is 536 g/mol. The summed E-state index contributed by atoms with van der Waals surface area (Å²) in [5, 5.41) is 10.3. The van der Waals surface area contributed by atoms with Crippen LogP contribution in [0.4, 0.5) is 17.6 Å². The topological polar surface area (TPSA) is 62.7 Å². The van der Waals surface area contributed by atoms with Gasteiger partial charge < -0.3 is 9.84 Å². The van der Waals surface area contributed by atoms with Crippen LogP contribution < -0.4 is 4.74 Å². The highest BCUT2D eigenvalue weighted by molar-refractivity contribution is 6.32. The van der Waals surface area contributed by atoms with Gasteiger partial charge in [0, 0.05) is 22.7 Å². The molecule has 1 fully saturated rings. The Hall–Kier alpha value is -3.35. The van der Waals surface area contributed by atoms with Crippen molar-refractivity contribution in [2.45, 2.75) is 38.3 Å². The summed E-state index contributed by atoms with van der Waals surface area (Å²) in [5.74, 6) is 0.915. The lowest BCUT2D eigenvalue weighted by Gasteiger charge is -2.41. The fourth-order valence-electron chi connectivity index (χ4n) is 5.09. The summed E-state index contributed by atoms with van der Waals surface area (Å²) in [4.78, 5) is 18.0. The average Bonchev–Trinajstić information content (AvgIpc) is 2.90. The first kappa shape index (κ1) is 28.7. The number of fused-ring (bicyclic) bond motifs is 1. The summed E-state index contributed by atoms with van der Waals surface area (Å²) in [7, 11) is 1.52. The molecular formula is C29H27ClF4N2O3. The van der Waals surface area contributed by atoms with Crippen LogP contribution >= 0.6 is 11.6 Å². The Morgan fingerprint density at radius 1 is 1.21 bits per heavy atom. The molecule has 4 rings (SSSR count). The molecule has 0 spiro atoms. The van der Waals surface area contributed by atoms with Gasteiger partial charge in [0.25, 0.3) is 0 Å². The first-order valence-electron chi connectivity index (χ1n) is 12.4. The fourth-order valence-corrected chi connectivity index (χ4v) is 5.36. The van der Waals surface area contributed by atoms with Gasteiger partial charge in [0.1, 0.15) is 11.9 Å². The van der Waals surface area contributed by atoms with Crippen molar-refractivity contribution in [3.63, 3.8) is 0 Å². The first-order chi connectivity index (χ1) is 18.6. The minimum atomic E-state index is -1.54. The Kier molecular flexibility index (Phi) is 8.98. The number of rotatable bonds is 8. The number of aliphatic carboxylic acids is 1. The van der Waals surface area contributed by atoms with Crippen LogP contribution in [0.5, 0.6) is 5.75 Å². The summed E-state index contributed by atoms with van der Waals surface area (Å²) in [5.41, 5.74) is 0.319. The number of nitrogens with zero attached hydrogens (tertiary/aromatic N) is 2. The second kappa shape index (κ2) is 12.2. The Bertz CT molecular complexity index is 1410. The number of methoxy groups -OCH3 is 1. The monoisotopic (exact) mass is 562 g/mol. The van der Waals surface area contributed by atoms with Crippen molar-refractivity contribution in [3.05, 3.63) is 70.1 Å². The zero-order valence-corrected chi connectivity index (χ0v) is 22.0. The zero-order chi connectivity index (χ0) is 28.2. The van der Waals surface area contributed by atoms with Crippen molar-refractivity contribution in [2.24, 2.45) is 5.41 Å². The van der Waals surface area contributed by atoms with Crippen LogP contribution in [0.25, 0.3) is 10.9 Å². The lowest BCUT2D eigenvalue weighted by atomic mass is 9.71. The first-order valence-corrected chi connectivity index (χ1v) is 12.8. The molecule has 1 aliphatic rings. The van der Waals surface area contributed by atoms with E-state index < -0.39 is 35.0 Å². The highest BCUT2D eigenvalue weighted by atomic mass is 35.5. The van der Waals surface area contributed by atoms with Crippen LogP contribution in [0.3, 0.4) is 0 Å². The van der Waals surface area contributed by atoms with Crippen LogP contribution in [0, 0.1) is 34.7 Å². The molecule has 5 nitrogen and oxygen atoms in total. The number of ether oxygens (including phenoxy) is 1. The van der Waals surface area contributed by atoms with E-state index in [9.17, 15) is 23.1 Å². The highest BCUT2D eigenvalue weighted by Gasteiger charge is 2.37. The number of aromatic nitrogens is 1. The van der Waals surface area contributed by atoms with Gasteiger partial charge in [0.2, 0.25) is 0 Å². The molecule has 2 heterocycles. The van der Waals surface area contributed by atoms with Crippen LogP contribution in [0.2, 0.25) is 5.02 Å². The fraction of sp³-hybridized carbons (Fsp3) is 0.379. The molecule has 0 aliphatic carbocycles. The summed E-state index contributed by atoms with van der Waals surface area (Å²) in [6.45, 7) is 1.35. The molecule has 1 atom stereocenters. The molecule has 39 heavy (non-hydrogen) atoms. The van der Waals surface area contributed by atoms with Gasteiger partial charge in [-0.1, -0.05) is 23.4 Å². The quantitative estimate of drug-likeness (QED) is 0.188. The van der Waals surface area contributed by atoms with E-state index in [1.807, 2.05) is 4.90 Å². The second-order valence-corrected chi connectivity index (χ2v) is 10.2. The number of carbonyl (C=O) groups is 1. The van der Waals surface area contributed by atoms with E-state index in [2.05, 4.69) is 16.8 Å². The van der Waals surface area contributed by atoms with Gasteiger partial charge >= 0.3 is 5.97 Å². The van der Waals surface area contributed by atoms with E-state index >= 15 is 4.39 Å². The molecule has 1 saturated heterocycles. The number of hydrogen-bond donors (Lipinski definition) is 1. The van der Waals surface area contributed by atoms with Gasteiger partial charge in [-0.2, -0.15) is 0 Å². The summed E-state index contributed by atoms with van der Waals surface area (Å²) in [6, 6.07) is 6.82. The number of pyridine rings is 1. The number of piperidine rings is 1. The van der Waals surface area contributed by atoms with Crippen LogP contribution in [-0.2, 0) is 4.79 Å². The highest BCUT2D eigenvalue weighted by Crippen LogP contribution is 2.44. The molecule has 2 aromatic carbocycles. The lowest BCUT2D eigenvalue weighted by molar-refractivity contribution is -0.141. The van der Waals surface area contributed by atoms with Crippen LogP contribution in [-0.4, -0.2) is 47.7 Å². The maximum atomic E-state index is 15.7. The zero-order valence-electron chi connectivity index (χ0n) is 21.2. The maximum Gasteiger partial charge on any atom is 0.303 e. The summed E-state index contributed by atoms with van der Waals surface area (Å²) < 4.78 is 60.9. The lowest BCUT2D eigenvalue weighted by Crippen LogP contribution is -2.41. The van der Waals surface area contributed by atoms with Gasteiger partial charge in [-0.05, 0) is 74.5 Å². The number of carboxylic acids is 1. The Balaban J connectivity index is 1.43. The molecule has 10 heteroatoms. The van der Waals surface area contributed by atoms with E-state index in [1.54, 1.807) is 18.2 Å². The van der Waals surface area contributed by atoms with E-state index in [4.69, 9.17) is 16.3 Å². The molecule has 0 radical (unpaired) electrons. The van der Waals surface area contributed by atoms with Crippen molar-refractivity contribution in [3.8, 4) is 17.6 Å². The number of halogens is 5. The van der Waals surface area contributed by atoms with E-state index in [0.29, 0.717) is 54.6 Å². The van der Waals surface area contributed by atoms with Crippen LogP contribution in [0.1, 0.15) is 49.4 Å². The number of likely N-dealkylation sites (tertiary alicyclic amines) is 1. The minimum absolute atomic E-state index is 0.0255. The molecule has 0 bridgehead atoms. The van der Waals surface area contributed by atoms with E-state index in [-0.39, 0.29) is 30.0 Å². The van der Waals surface area contributed by atoms with Gasteiger partial charge in [0.05, 0.1) is 30.6 Å². The van der Waals surface area contributed by atoms with Crippen molar-refractivity contribution >= 4 is 28.5 Å². The van der Waals surface area contributed by atoms with Crippen molar-refractivity contribution in [1.82, 2.24) is 9.88 Å². The van der Waals surface area contributed by atoms with Gasteiger partial charge in [-0.3, -0.25) is 14.7 Å². The SMILES string of the molecule is COc1ccc2ncc(Cl)c(C(F)CCC3(CC(=O)O)CCN(CC#Cc4cc(F)c(F)c(F)c4)CC3)c2c1. The van der Waals surface area contributed by atoms with Gasteiger partial charge in [0.15, 0.2) is 17.5 Å². The third kappa shape index (κ3) is 6.81. The smallest absolute Gasteiger partial charge is 0.303 e. The standard InChI is InChI=1S/C29H27ClF4N2O3/c1-39-19-4-5-25-20(15-19)27(21(30)17-35-25)22(31)6-7-29(16-26(37)38)8-11-36(12-9-29)10-2-3-18-13-23(32)28(34)24(33)14-18/h4-5,13-15,17,22H,6-12,16H2,1H3,(H,37,38). The summed E-state index contributed by atoms with van der Waals surface area (Å²) in [6.07, 6.45) is 1.37. The predicted octanol–water partition coefficient (Wildman–Crippen LogP) is 6.71. The van der Waals surface area contributed by atoms with Crippen molar-refractivity contribution in [1.29, 1.82) is 0 Å². The molecule has 1 aromatic heterocycles. The minimum Gasteiger partial charge on any atom is -0.497 e.